The highest BCUT2D eigenvalue weighted by Crippen LogP contribution is 2.52. The van der Waals surface area contributed by atoms with Crippen LogP contribution in [0, 0.1) is 5.92 Å². The van der Waals surface area contributed by atoms with Crippen molar-refractivity contribution in [3.05, 3.63) is 44.4 Å². The first kappa shape index (κ1) is 17.8. The molecule has 3 atom stereocenters. The summed E-state index contributed by atoms with van der Waals surface area (Å²) in [6, 6.07) is 7.04. The molecule has 0 saturated carbocycles. The molecule has 1 fully saturated rings. The number of carbonyl (C=O) groups is 3. The standard InChI is InChI=1S/C17H14N2O6S2/c1-25-8-4-2-7(3-5-8)10-11-13(26-14-12(10)27-17(24)18-14)16(23)19(15(11)22)6-9(20)21/h2-5,10-11,13H,6H2,1H3,(H,18,24)(H,20,21)/p-1/t10-,11+,13-/m0/s1. The van der Waals surface area contributed by atoms with E-state index in [1.54, 1.807) is 24.3 Å². The Morgan fingerprint density at radius 1 is 1.22 bits per heavy atom. The molecule has 27 heavy (non-hydrogen) atoms. The number of amides is 2. The molecule has 2 aromatic rings. The van der Waals surface area contributed by atoms with Gasteiger partial charge in [-0.2, -0.15) is 0 Å². The number of nitrogens with zero attached hydrogens (tertiary/aromatic N) is 1. The van der Waals surface area contributed by atoms with Gasteiger partial charge in [-0.15, -0.1) is 0 Å². The first-order valence-corrected chi connectivity index (χ1v) is 9.69. The fourth-order valence-corrected chi connectivity index (χ4v) is 6.07. The van der Waals surface area contributed by atoms with Crippen molar-refractivity contribution in [1.29, 1.82) is 0 Å². The van der Waals surface area contributed by atoms with Gasteiger partial charge in [0.25, 0.3) is 0 Å². The molecule has 0 bridgehead atoms. The molecule has 140 valence electrons. The Balaban J connectivity index is 1.83. The molecule has 1 N–H and O–H groups in total. The summed E-state index contributed by atoms with van der Waals surface area (Å²) in [7, 11) is 1.54. The summed E-state index contributed by atoms with van der Waals surface area (Å²) in [5.41, 5.74) is 0.749. The van der Waals surface area contributed by atoms with E-state index in [0.29, 0.717) is 15.7 Å². The number of carboxylic acid groups (broad SMARTS) is 1. The highest BCUT2D eigenvalue weighted by molar-refractivity contribution is 8.00. The fraction of sp³-hybridized carbons (Fsp3) is 0.294. The van der Waals surface area contributed by atoms with Gasteiger partial charge in [0.15, 0.2) is 0 Å². The third-order valence-electron chi connectivity index (χ3n) is 4.68. The minimum absolute atomic E-state index is 0.266. The van der Waals surface area contributed by atoms with Gasteiger partial charge >= 0.3 is 4.87 Å². The second kappa shape index (κ2) is 6.54. The zero-order valence-corrected chi connectivity index (χ0v) is 15.6. The first-order chi connectivity index (χ1) is 12.9. The minimum Gasteiger partial charge on any atom is -0.548 e. The van der Waals surface area contributed by atoms with Gasteiger partial charge in [0.1, 0.15) is 11.0 Å². The Kier molecular flexibility index (Phi) is 4.31. The topological polar surface area (TPSA) is 120 Å². The lowest BCUT2D eigenvalue weighted by molar-refractivity contribution is -0.305. The van der Waals surface area contributed by atoms with Crippen molar-refractivity contribution in [2.24, 2.45) is 5.92 Å². The van der Waals surface area contributed by atoms with Crippen molar-refractivity contribution in [3.63, 3.8) is 0 Å². The summed E-state index contributed by atoms with van der Waals surface area (Å²) in [5, 5.41) is 10.7. The van der Waals surface area contributed by atoms with Crippen molar-refractivity contribution in [2.45, 2.75) is 16.2 Å². The van der Waals surface area contributed by atoms with Gasteiger partial charge < -0.3 is 19.6 Å². The number of thiazole rings is 1. The number of aromatic amines is 1. The molecule has 3 heterocycles. The van der Waals surface area contributed by atoms with Crippen LogP contribution < -0.4 is 14.7 Å². The number of aliphatic carboxylic acids is 1. The van der Waals surface area contributed by atoms with E-state index in [0.717, 1.165) is 33.6 Å². The molecule has 1 aromatic carbocycles. The Morgan fingerprint density at radius 3 is 2.56 bits per heavy atom. The summed E-state index contributed by atoms with van der Waals surface area (Å²) < 4.78 is 5.16. The maximum Gasteiger partial charge on any atom is 0.305 e. The molecule has 2 amide bonds. The van der Waals surface area contributed by atoms with Gasteiger partial charge in [0.05, 0.1) is 30.6 Å². The van der Waals surface area contributed by atoms with Crippen LogP contribution in [-0.2, 0) is 14.4 Å². The smallest absolute Gasteiger partial charge is 0.305 e. The van der Waals surface area contributed by atoms with Gasteiger partial charge in [-0.1, -0.05) is 35.2 Å². The second-order valence-electron chi connectivity index (χ2n) is 6.16. The molecule has 10 heteroatoms. The number of aromatic nitrogens is 1. The molecule has 0 radical (unpaired) electrons. The van der Waals surface area contributed by atoms with E-state index in [-0.39, 0.29) is 4.87 Å². The number of nitrogens with one attached hydrogen (secondary N) is 1. The van der Waals surface area contributed by atoms with Gasteiger partial charge in [-0.3, -0.25) is 19.3 Å². The average molecular weight is 405 g/mol. The molecule has 0 aliphatic carbocycles. The number of ether oxygens (including phenoxy) is 1. The number of hydrogen-bond donors (Lipinski definition) is 1. The summed E-state index contributed by atoms with van der Waals surface area (Å²) in [6.07, 6.45) is 0. The predicted octanol–water partition coefficient (Wildman–Crippen LogP) is -0.214. The number of fused-ring (bicyclic) bond motifs is 2. The predicted molar refractivity (Wildman–Crippen MR) is 94.6 cm³/mol. The van der Waals surface area contributed by atoms with Crippen LogP contribution in [-0.4, -0.2) is 46.6 Å². The first-order valence-electron chi connectivity index (χ1n) is 7.99. The van der Waals surface area contributed by atoms with Crippen LogP contribution >= 0.6 is 23.1 Å². The lowest BCUT2D eigenvalue weighted by Crippen LogP contribution is -2.42. The molecule has 2 aliphatic heterocycles. The van der Waals surface area contributed by atoms with Crippen molar-refractivity contribution in [1.82, 2.24) is 9.88 Å². The van der Waals surface area contributed by atoms with Gasteiger partial charge in [-0.25, -0.2) is 0 Å². The van der Waals surface area contributed by atoms with Crippen LogP contribution in [0.25, 0.3) is 0 Å². The van der Waals surface area contributed by atoms with Crippen molar-refractivity contribution in [3.8, 4) is 5.75 Å². The van der Waals surface area contributed by atoms with Crippen molar-refractivity contribution >= 4 is 40.9 Å². The zero-order valence-electron chi connectivity index (χ0n) is 14.0. The van der Waals surface area contributed by atoms with Gasteiger partial charge in [0, 0.05) is 10.8 Å². The number of likely N-dealkylation sites (tertiary alicyclic amines) is 1. The van der Waals surface area contributed by atoms with Crippen molar-refractivity contribution in [2.75, 3.05) is 13.7 Å². The summed E-state index contributed by atoms with van der Waals surface area (Å²) in [6.45, 7) is -0.773. The normalized spacial score (nSPS) is 23.9. The van der Waals surface area contributed by atoms with E-state index < -0.39 is 41.4 Å². The van der Waals surface area contributed by atoms with Crippen LogP contribution in [0.4, 0.5) is 0 Å². The summed E-state index contributed by atoms with van der Waals surface area (Å²) >= 11 is 2.10. The van der Waals surface area contributed by atoms with Crippen molar-refractivity contribution < 1.29 is 24.2 Å². The third-order valence-corrected chi connectivity index (χ3v) is 7.08. The Morgan fingerprint density at radius 2 is 1.93 bits per heavy atom. The third kappa shape index (κ3) is 2.85. The van der Waals surface area contributed by atoms with E-state index in [1.165, 1.54) is 7.11 Å². The van der Waals surface area contributed by atoms with Crippen LogP contribution in [0.1, 0.15) is 16.4 Å². The molecule has 2 aliphatic rings. The number of benzene rings is 1. The number of rotatable bonds is 4. The summed E-state index contributed by atoms with van der Waals surface area (Å²) in [5.74, 6) is -3.30. The molecule has 8 nitrogen and oxygen atoms in total. The Labute approximate surface area is 161 Å². The molecule has 4 rings (SSSR count). The maximum absolute atomic E-state index is 12.9. The fourth-order valence-electron chi connectivity index (χ4n) is 3.53. The molecule has 0 unspecified atom stereocenters. The largest absolute Gasteiger partial charge is 0.548 e. The van der Waals surface area contributed by atoms with Crippen LogP contribution in [0.15, 0.2) is 34.1 Å². The van der Waals surface area contributed by atoms with E-state index in [4.69, 9.17) is 4.74 Å². The maximum atomic E-state index is 12.9. The molecular weight excluding hydrogens is 392 g/mol. The van der Waals surface area contributed by atoms with Crippen LogP contribution in [0.3, 0.4) is 0 Å². The van der Waals surface area contributed by atoms with E-state index >= 15 is 0 Å². The average Bonchev–Trinajstić information content (AvgIpc) is 3.12. The Bertz CT molecular complexity index is 996. The number of imide groups is 1. The zero-order chi connectivity index (χ0) is 19.3. The Hall–Kier alpha value is -2.59. The number of methoxy groups -OCH3 is 1. The number of hydrogen-bond acceptors (Lipinski definition) is 8. The highest BCUT2D eigenvalue weighted by atomic mass is 32.2. The van der Waals surface area contributed by atoms with Crippen LogP contribution in [0.5, 0.6) is 5.75 Å². The molecule has 1 aromatic heterocycles. The molecule has 1 saturated heterocycles. The number of H-pyrrole nitrogens is 1. The second-order valence-corrected chi connectivity index (χ2v) is 8.32. The highest BCUT2D eigenvalue weighted by Gasteiger charge is 2.55. The number of carboxylic acids is 1. The van der Waals surface area contributed by atoms with E-state index in [9.17, 15) is 24.3 Å². The SMILES string of the molecule is COc1ccc([C@@H]2c3sc(=O)[nH]c3S[C@@H]3C(=O)N(CC(=O)[O-])C(=O)[C@H]23)cc1. The lowest BCUT2D eigenvalue weighted by atomic mass is 9.83. The van der Waals surface area contributed by atoms with Gasteiger partial charge in [-0.05, 0) is 17.7 Å². The minimum atomic E-state index is -1.50. The molecule has 0 spiro atoms. The monoisotopic (exact) mass is 405 g/mol. The van der Waals surface area contributed by atoms with Crippen LogP contribution in [0.2, 0.25) is 0 Å². The van der Waals surface area contributed by atoms with Gasteiger partial charge in [0.2, 0.25) is 11.8 Å². The van der Waals surface area contributed by atoms with E-state index in [2.05, 4.69) is 4.98 Å². The molecular formula is C17H13N2O6S2-. The number of thioether (sulfide) groups is 1. The van der Waals surface area contributed by atoms with E-state index in [1.807, 2.05) is 0 Å². The quantitative estimate of drug-likeness (QED) is 0.699. The summed E-state index contributed by atoms with van der Waals surface area (Å²) in [4.78, 5) is 52.3. The number of carbonyl (C=O) groups excluding carboxylic acids is 3. The lowest BCUT2D eigenvalue weighted by Gasteiger charge is -2.29.